The minimum atomic E-state index is -1.39. The number of nitrogens with two attached hydrogens (primary N) is 1. The number of primary amides is 1. The van der Waals surface area contributed by atoms with Gasteiger partial charge in [0, 0.05) is 44.9 Å². The Labute approximate surface area is 272 Å². The van der Waals surface area contributed by atoms with Crippen LogP contribution in [0, 0.1) is 22.7 Å². The number of nitriles is 2. The van der Waals surface area contributed by atoms with Gasteiger partial charge in [-0.3, -0.25) is 9.69 Å². The van der Waals surface area contributed by atoms with Gasteiger partial charge in [0.05, 0.1) is 40.3 Å². The van der Waals surface area contributed by atoms with Crippen LogP contribution in [0.5, 0.6) is 0 Å². The molecule has 1 saturated heterocycles. The number of hydrogen-bond donors (Lipinski definition) is 3. The first-order chi connectivity index (χ1) is 22.5. The number of halogens is 1. The predicted molar refractivity (Wildman–Crippen MR) is 165 cm³/mol. The Morgan fingerprint density at radius 3 is 2.51 bits per heavy atom. The Morgan fingerprint density at radius 1 is 1.17 bits per heavy atom. The van der Waals surface area contributed by atoms with Crippen molar-refractivity contribution in [3.05, 3.63) is 46.8 Å². The number of ether oxygens (including phenoxy) is 2. The number of aromatic nitrogens is 4. The van der Waals surface area contributed by atoms with E-state index in [9.17, 15) is 29.7 Å². The van der Waals surface area contributed by atoms with Gasteiger partial charge in [0.25, 0.3) is 5.95 Å². The molecule has 18 nitrogen and oxygen atoms in total. The third kappa shape index (κ3) is 7.64. The summed E-state index contributed by atoms with van der Waals surface area (Å²) in [5.41, 5.74) is 6.05. The lowest BCUT2D eigenvalue weighted by Gasteiger charge is -2.38. The Hall–Kier alpha value is -5.98. The first-order valence-corrected chi connectivity index (χ1v) is 14.3. The van der Waals surface area contributed by atoms with Crippen molar-refractivity contribution in [1.29, 1.82) is 10.5 Å². The molecule has 1 aliphatic rings. The summed E-state index contributed by atoms with van der Waals surface area (Å²) in [5.74, 6) is -3.17. The number of carbonyl (C=O) groups is 4. The van der Waals surface area contributed by atoms with Crippen LogP contribution >= 0.6 is 11.6 Å². The highest BCUT2D eigenvalue weighted by Crippen LogP contribution is 2.40. The number of nitrogens with one attached hydrogen (secondary N) is 1. The standard InChI is InChI=1S/C28H28ClN11O7/c1-3-33-25-26-34-14-18(13-31)40(26)36-27(35-25)39(28(45)47-15-46-22(43)5-4-21(41)42)20-11-17(12-30)10-19(23(20)29)38-8-6-37(7-9-38)16(2)24(32)44/h4-5,10-11,14,16H,3,6-9,15H2,1-2H3,(H2,32,44)(H,41,42)(H,33,35,36). The molecule has 1 aliphatic heterocycles. The van der Waals surface area contributed by atoms with Crippen LogP contribution in [0.15, 0.2) is 30.5 Å². The minimum absolute atomic E-state index is 0.00132. The number of benzene rings is 1. The summed E-state index contributed by atoms with van der Waals surface area (Å²) in [4.78, 5) is 61.2. The zero-order chi connectivity index (χ0) is 34.2. The fourth-order valence-electron chi connectivity index (χ4n) is 4.59. The molecule has 19 heteroatoms. The normalized spacial score (nSPS) is 13.9. The number of fused-ring (bicyclic) bond motifs is 1. The summed E-state index contributed by atoms with van der Waals surface area (Å²) in [6, 6.07) is 6.35. The molecule has 1 fully saturated rings. The SMILES string of the molecule is CCNc1nc(N(C(=O)OCOC(=O)C=CC(=O)O)c2cc(C#N)cc(N3CCN(C(C)C(N)=O)CC3)c2Cl)nn2c(C#N)cnc12. The van der Waals surface area contributed by atoms with Gasteiger partial charge in [-0.1, -0.05) is 11.6 Å². The molecule has 4 N–H and O–H groups in total. The smallest absolute Gasteiger partial charge is 0.424 e. The molecule has 1 aromatic carbocycles. The van der Waals surface area contributed by atoms with Gasteiger partial charge in [0.1, 0.15) is 6.07 Å². The van der Waals surface area contributed by atoms with Gasteiger partial charge in [-0.25, -0.2) is 24.3 Å². The van der Waals surface area contributed by atoms with Crippen molar-refractivity contribution in [3.8, 4) is 12.1 Å². The monoisotopic (exact) mass is 665 g/mol. The molecular weight excluding hydrogens is 638 g/mol. The van der Waals surface area contributed by atoms with Crippen molar-refractivity contribution in [3.63, 3.8) is 0 Å². The molecule has 1 unspecified atom stereocenters. The van der Waals surface area contributed by atoms with E-state index in [4.69, 9.17) is 31.9 Å². The van der Waals surface area contributed by atoms with Gasteiger partial charge in [0.15, 0.2) is 17.2 Å². The third-order valence-electron chi connectivity index (χ3n) is 6.96. The van der Waals surface area contributed by atoms with Crippen molar-refractivity contribution < 1.29 is 33.8 Å². The number of esters is 1. The topological polar surface area (TPSA) is 245 Å². The van der Waals surface area contributed by atoms with E-state index < -0.39 is 36.8 Å². The lowest BCUT2D eigenvalue weighted by atomic mass is 10.1. The Morgan fingerprint density at radius 2 is 1.89 bits per heavy atom. The molecular formula is C28H28ClN11O7. The van der Waals surface area contributed by atoms with Gasteiger partial charge >= 0.3 is 18.0 Å². The molecule has 3 heterocycles. The highest BCUT2D eigenvalue weighted by Gasteiger charge is 2.31. The summed E-state index contributed by atoms with van der Waals surface area (Å²) in [6.07, 6.45) is 1.23. The molecule has 0 radical (unpaired) electrons. The second-order valence-corrected chi connectivity index (χ2v) is 10.2. The van der Waals surface area contributed by atoms with E-state index in [0.717, 1.165) is 9.42 Å². The maximum Gasteiger partial charge on any atom is 0.424 e. The number of carboxylic acids is 1. The summed E-state index contributed by atoms with van der Waals surface area (Å²) in [7, 11) is 0. The van der Waals surface area contributed by atoms with E-state index in [1.54, 1.807) is 13.8 Å². The van der Waals surface area contributed by atoms with Gasteiger partial charge in [-0.2, -0.15) is 20.0 Å². The molecule has 3 aromatic rings. The Bertz CT molecular complexity index is 1820. The van der Waals surface area contributed by atoms with Crippen molar-refractivity contribution in [2.45, 2.75) is 19.9 Å². The number of aliphatic carboxylic acids is 1. The average molecular weight is 666 g/mol. The average Bonchev–Trinajstić information content (AvgIpc) is 3.48. The fraction of sp³-hybridized carbons (Fsp3) is 0.321. The van der Waals surface area contributed by atoms with E-state index in [2.05, 4.69) is 20.4 Å². The molecule has 0 spiro atoms. The van der Waals surface area contributed by atoms with Gasteiger partial charge in [0.2, 0.25) is 12.7 Å². The number of imidazole rings is 1. The van der Waals surface area contributed by atoms with E-state index in [1.165, 1.54) is 18.3 Å². The van der Waals surface area contributed by atoms with Crippen LogP contribution in [0.25, 0.3) is 5.65 Å². The Kier molecular flexibility index (Phi) is 10.7. The number of hydrogen-bond acceptors (Lipinski definition) is 14. The zero-order valence-corrected chi connectivity index (χ0v) is 25.8. The van der Waals surface area contributed by atoms with Gasteiger partial charge in [-0.15, -0.1) is 5.10 Å². The molecule has 1 atom stereocenters. The fourth-order valence-corrected chi connectivity index (χ4v) is 4.90. The maximum atomic E-state index is 13.7. The summed E-state index contributed by atoms with van der Waals surface area (Å²) < 4.78 is 11.1. The second-order valence-electron chi connectivity index (χ2n) is 9.82. The van der Waals surface area contributed by atoms with Crippen molar-refractivity contribution in [1.82, 2.24) is 24.5 Å². The third-order valence-corrected chi connectivity index (χ3v) is 7.34. The predicted octanol–water partition coefficient (Wildman–Crippen LogP) is 1.36. The quantitative estimate of drug-likeness (QED) is 0.149. The number of rotatable bonds is 11. The zero-order valence-electron chi connectivity index (χ0n) is 25.1. The van der Waals surface area contributed by atoms with Gasteiger partial charge in [-0.05, 0) is 26.0 Å². The molecule has 0 bridgehead atoms. The highest BCUT2D eigenvalue weighted by molar-refractivity contribution is 6.36. The van der Waals surface area contributed by atoms with E-state index in [1.807, 2.05) is 21.9 Å². The summed E-state index contributed by atoms with van der Waals surface area (Å²) in [5, 5.41) is 35.6. The maximum absolute atomic E-state index is 13.7. The largest absolute Gasteiger partial charge is 0.478 e. The lowest BCUT2D eigenvalue weighted by molar-refractivity contribution is -0.146. The number of carboxylic acid groups (broad SMARTS) is 1. The van der Waals surface area contributed by atoms with Crippen LogP contribution in [0.1, 0.15) is 25.1 Å². The van der Waals surface area contributed by atoms with Crippen LogP contribution in [0.3, 0.4) is 0 Å². The van der Waals surface area contributed by atoms with Crippen molar-refractivity contribution in [2.75, 3.05) is 54.6 Å². The number of nitrogens with zero attached hydrogens (tertiary/aromatic N) is 9. The van der Waals surface area contributed by atoms with E-state index >= 15 is 0 Å². The first-order valence-electron chi connectivity index (χ1n) is 13.9. The van der Waals surface area contributed by atoms with Crippen LogP contribution in [-0.2, 0) is 23.9 Å². The van der Waals surface area contributed by atoms with Crippen molar-refractivity contribution >= 4 is 64.3 Å². The number of amides is 2. The number of anilines is 4. The second kappa shape index (κ2) is 14.9. The molecule has 0 aliphatic carbocycles. The molecule has 2 amide bonds. The van der Waals surface area contributed by atoms with Crippen molar-refractivity contribution in [2.24, 2.45) is 5.73 Å². The van der Waals surface area contributed by atoms with Crippen LogP contribution in [0.2, 0.25) is 5.02 Å². The van der Waals surface area contributed by atoms with E-state index in [-0.39, 0.29) is 39.4 Å². The number of piperazine rings is 1. The van der Waals surface area contributed by atoms with Crippen LogP contribution in [0.4, 0.5) is 27.9 Å². The molecule has 2 aromatic heterocycles. The summed E-state index contributed by atoms with van der Waals surface area (Å²) in [6.45, 7) is 4.60. The van der Waals surface area contributed by atoms with E-state index in [0.29, 0.717) is 50.6 Å². The molecule has 244 valence electrons. The van der Waals surface area contributed by atoms with Crippen LogP contribution < -0.4 is 20.9 Å². The van der Waals surface area contributed by atoms with Crippen LogP contribution in [-0.4, -0.2) is 99.1 Å². The highest BCUT2D eigenvalue weighted by atomic mass is 35.5. The minimum Gasteiger partial charge on any atom is -0.478 e. The molecule has 0 saturated carbocycles. The molecule has 47 heavy (non-hydrogen) atoms. The first kappa shape index (κ1) is 33.9. The lowest BCUT2D eigenvalue weighted by Crippen LogP contribution is -2.53. The molecule has 4 rings (SSSR count). The number of carbonyl (C=O) groups excluding carboxylic acids is 3. The Balaban J connectivity index is 1.80. The van der Waals surface area contributed by atoms with Gasteiger partial charge < -0.3 is 30.5 Å². The summed E-state index contributed by atoms with van der Waals surface area (Å²) >= 11 is 6.94.